The van der Waals surface area contributed by atoms with E-state index in [-0.39, 0.29) is 5.78 Å². The summed E-state index contributed by atoms with van der Waals surface area (Å²) < 4.78 is 0. The molecule has 1 aromatic rings. The van der Waals surface area contributed by atoms with Crippen LogP contribution in [0.1, 0.15) is 35.3 Å². The van der Waals surface area contributed by atoms with Crippen molar-refractivity contribution >= 4 is 17.5 Å². The maximum atomic E-state index is 12.0. The average molecular weight is 236 g/mol. The Morgan fingerprint density at radius 2 is 2.00 bits per heavy atom. The van der Waals surface area contributed by atoms with E-state index in [9.17, 15) is 4.79 Å². The predicted octanol–water partition coefficient (Wildman–Crippen LogP) is 3.88. The van der Waals surface area contributed by atoms with E-state index in [0.29, 0.717) is 11.7 Å². The summed E-state index contributed by atoms with van der Waals surface area (Å²) in [6, 6.07) is 5.94. The quantitative estimate of drug-likeness (QED) is 0.722. The number of carbonyl (C=O) groups is 1. The number of rotatable bonds is 5. The van der Waals surface area contributed by atoms with E-state index in [2.05, 4.69) is 13.8 Å². The van der Waals surface area contributed by atoms with Crippen LogP contribution in [0.5, 0.6) is 0 Å². The van der Waals surface area contributed by atoms with Gasteiger partial charge in [0.05, 0.1) is 5.75 Å². The van der Waals surface area contributed by atoms with E-state index in [0.717, 1.165) is 16.9 Å². The van der Waals surface area contributed by atoms with E-state index in [1.54, 1.807) is 11.8 Å². The zero-order valence-corrected chi connectivity index (χ0v) is 11.4. The van der Waals surface area contributed by atoms with Crippen molar-refractivity contribution in [1.29, 1.82) is 0 Å². The van der Waals surface area contributed by atoms with E-state index < -0.39 is 0 Å². The van der Waals surface area contributed by atoms with Crippen LogP contribution in [0.3, 0.4) is 0 Å². The van der Waals surface area contributed by atoms with Crippen molar-refractivity contribution in [3.8, 4) is 0 Å². The van der Waals surface area contributed by atoms with Gasteiger partial charge in [0.25, 0.3) is 0 Å². The molecule has 0 atom stereocenters. The summed E-state index contributed by atoms with van der Waals surface area (Å²) >= 11 is 1.73. The molecule has 0 saturated heterocycles. The molecule has 88 valence electrons. The third-order valence-electron chi connectivity index (χ3n) is 2.59. The van der Waals surface area contributed by atoms with Gasteiger partial charge in [-0.3, -0.25) is 4.79 Å². The van der Waals surface area contributed by atoms with Gasteiger partial charge in [0.15, 0.2) is 5.78 Å². The van der Waals surface area contributed by atoms with Crippen molar-refractivity contribution < 1.29 is 4.79 Å². The predicted molar refractivity (Wildman–Crippen MR) is 72.4 cm³/mol. The fourth-order valence-corrected chi connectivity index (χ4v) is 2.45. The van der Waals surface area contributed by atoms with Crippen molar-refractivity contribution in [3.63, 3.8) is 0 Å². The zero-order chi connectivity index (χ0) is 12.1. The first-order valence-electron chi connectivity index (χ1n) is 5.69. The minimum atomic E-state index is 0.256. The molecule has 0 aliphatic rings. The van der Waals surface area contributed by atoms with Gasteiger partial charge in [0.1, 0.15) is 0 Å². The molecule has 0 amide bonds. The molecular formula is C14H20OS. The number of Topliss-reactive ketones (excluding diaryl/α,β-unsaturated/α-hetero) is 1. The molecule has 0 aliphatic carbocycles. The van der Waals surface area contributed by atoms with Crippen LogP contribution in [0.2, 0.25) is 0 Å². The summed E-state index contributed by atoms with van der Waals surface area (Å²) in [5, 5.41) is 0. The first-order chi connectivity index (χ1) is 7.52. The Bertz CT molecular complexity index is 369. The molecule has 1 nitrogen and oxygen atoms in total. The molecule has 0 aliphatic heterocycles. The second-order valence-corrected chi connectivity index (χ2v) is 5.61. The van der Waals surface area contributed by atoms with Gasteiger partial charge >= 0.3 is 0 Å². The Morgan fingerprint density at radius 3 is 2.62 bits per heavy atom. The normalized spacial score (nSPS) is 10.8. The summed E-state index contributed by atoms with van der Waals surface area (Å²) in [7, 11) is 0. The smallest absolute Gasteiger partial charge is 0.172 e. The van der Waals surface area contributed by atoms with E-state index in [1.807, 2.05) is 32.0 Å². The number of aryl methyl sites for hydroxylation is 1. The molecule has 1 aromatic carbocycles. The van der Waals surface area contributed by atoms with Crippen LogP contribution in [0, 0.1) is 19.8 Å². The lowest BCUT2D eigenvalue weighted by Crippen LogP contribution is -2.07. The molecule has 0 radical (unpaired) electrons. The molecule has 0 spiro atoms. The molecule has 16 heavy (non-hydrogen) atoms. The van der Waals surface area contributed by atoms with Gasteiger partial charge in [0, 0.05) is 5.56 Å². The molecule has 0 unspecified atom stereocenters. The highest BCUT2D eigenvalue weighted by Crippen LogP contribution is 2.16. The van der Waals surface area contributed by atoms with Gasteiger partial charge < -0.3 is 0 Å². The second kappa shape index (κ2) is 6.09. The van der Waals surface area contributed by atoms with Gasteiger partial charge in [-0.05, 0) is 36.6 Å². The fraction of sp³-hybridized carbons (Fsp3) is 0.500. The average Bonchev–Trinajstić information content (AvgIpc) is 2.21. The van der Waals surface area contributed by atoms with Crippen molar-refractivity contribution in [1.82, 2.24) is 0 Å². The summed E-state index contributed by atoms with van der Waals surface area (Å²) in [5.74, 6) is 2.56. The third-order valence-corrected chi connectivity index (χ3v) is 3.96. The summed E-state index contributed by atoms with van der Waals surface area (Å²) in [6.07, 6.45) is 0. The Morgan fingerprint density at radius 1 is 1.31 bits per heavy atom. The molecule has 2 heteroatoms. The summed E-state index contributed by atoms with van der Waals surface area (Å²) in [6.45, 7) is 8.42. The minimum Gasteiger partial charge on any atom is -0.293 e. The lowest BCUT2D eigenvalue weighted by Gasteiger charge is -2.08. The highest BCUT2D eigenvalue weighted by atomic mass is 32.2. The molecule has 0 fully saturated rings. The van der Waals surface area contributed by atoms with Crippen molar-refractivity contribution in [2.75, 3.05) is 11.5 Å². The number of ketones is 1. The molecule has 0 heterocycles. The van der Waals surface area contributed by atoms with Gasteiger partial charge in [-0.2, -0.15) is 11.8 Å². The van der Waals surface area contributed by atoms with Crippen LogP contribution in [0.4, 0.5) is 0 Å². The molecular weight excluding hydrogens is 216 g/mol. The highest BCUT2D eigenvalue weighted by Gasteiger charge is 2.10. The number of carbonyl (C=O) groups excluding carboxylic acids is 1. The van der Waals surface area contributed by atoms with E-state index in [1.165, 1.54) is 5.56 Å². The number of hydrogen-bond acceptors (Lipinski definition) is 2. The summed E-state index contributed by atoms with van der Waals surface area (Å²) in [5.41, 5.74) is 3.20. The topological polar surface area (TPSA) is 17.1 Å². The van der Waals surface area contributed by atoms with E-state index >= 15 is 0 Å². The number of thioether (sulfide) groups is 1. The van der Waals surface area contributed by atoms with Crippen LogP contribution in [0.15, 0.2) is 18.2 Å². The molecule has 0 saturated carbocycles. The van der Waals surface area contributed by atoms with Crippen molar-refractivity contribution in [3.05, 3.63) is 34.9 Å². The second-order valence-electron chi connectivity index (χ2n) is 4.58. The lowest BCUT2D eigenvalue weighted by molar-refractivity contribution is 0.102. The van der Waals surface area contributed by atoms with Crippen LogP contribution >= 0.6 is 11.8 Å². The van der Waals surface area contributed by atoms with Crippen LogP contribution in [-0.2, 0) is 0 Å². The largest absolute Gasteiger partial charge is 0.293 e. The first-order valence-corrected chi connectivity index (χ1v) is 6.85. The molecule has 0 aromatic heterocycles. The lowest BCUT2D eigenvalue weighted by atomic mass is 10.0. The van der Waals surface area contributed by atoms with E-state index in [4.69, 9.17) is 0 Å². The van der Waals surface area contributed by atoms with Crippen LogP contribution in [0.25, 0.3) is 0 Å². The molecule has 0 bridgehead atoms. The standard InChI is InChI=1S/C14H20OS/c1-10(2)8-16-9-14(15)13-7-5-6-11(3)12(13)4/h5-7,10H,8-9H2,1-4H3. The van der Waals surface area contributed by atoms with Gasteiger partial charge in [-0.1, -0.05) is 32.0 Å². The van der Waals surface area contributed by atoms with Gasteiger partial charge in [0.2, 0.25) is 0 Å². The van der Waals surface area contributed by atoms with Crippen molar-refractivity contribution in [2.24, 2.45) is 5.92 Å². The number of hydrogen-bond donors (Lipinski definition) is 0. The Hall–Kier alpha value is -0.760. The minimum absolute atomic E-state index is 0.256. The Labute approximate surface area is 103 Å². The summed E-state index contributed by atoms with van der Waals surface area (Å²) in [4.78, 5) is 12.0. The van der Waals surface area contributed by atoms with Gasteiger partial charge in [-0.15, -0.1) is 0 Å². The highest BCUT2D eigenvalue weighted by molar-refractivity contribution is 7.99. The maximum absolute atomic E-state index is 12.0. The first kappa shape index (κ1) is 13.3. The SMILES string of the molecule is Cc1cccc(C(=O)CSCC(C)C)c1C. The molecule has 1 rings (SSSR count). The van der Waals surface area contributed by atoms with Gasteiger partial charge in [-0.25, -0.2) is 0 Å². The van der Waals surface area contributed by atoms with Crippen LogP contribution in [-0.4, -0.2) is 17.3 Å². The Kier molecular flexibility index (Phi) is 5.07. The third kappa shape index (κ3) is 3.67. The fourth-order valence-electron chi connectivity index (χ4n) is 1.52. The number of benzene rings is 1. The monoisotopic (exact) mass is 236 g/mol. The Balaban J connectivity index is 2.63. The zero-order valence-electron chi connectivity index (χ0n) is 10.5. The van der Waals surface area contributed by atoms with Crippen molar-refractivity contribution in [2.45, 2.75) is 27.7 Å². The molecule has 0 N–H and O–H groups in total. The van der Waals surface area contributed by atoms with Crippen LogP contribution < -0.4 is 0 Å². The maximum Gasteiger partial charge on any atom is 0.172 e.